The molecule has 2 rings (SSSR count). The Kier molecular flexibility index (Phi) is 1.74. The molecule has 0 atom stereocenters. The van der Waals surface area contributed by atoms with Crippen molar-refractivity contribution >= 4 is 29.5 Å². The number of rotatable bonds is 1. The van der Waals surface area contributed by atoms with Crippen LogP contribution in [-0.2, 0) is 0 Å². The number of oxazole rings is 1. The lowest BCUT2D eigenvalue weighted by Gasteiger charge is -1.97. The third-order valence-electron chi connectivity index (χ3n) is 1.91. The lowest BCUT2D eigenvalue weighted by Crippen LogP contribution is -2.25. The molecule has 0 aliphatic carbocycles. The van der Waals surface area contributed by atoms with E-state index < -0.39 is 6.92 Å². The van der Waals surface area contributed by atoms with Crippen molar-refractivity contribution in [3.05, 3.63) is 18.2 Å². The van der Waals surface area contributed by atoms with Crippen LogP contribution in [0.4, 0.5) is 6.01 Å². The van der Waals surface area contributed by atoms with Gasteiger partial charge >= 0.3 is 6.92 Å². The maximum Gasteiger partial charge on any atom is 0.320 e. The second kappa shape index (κ2) is 2.78. The fourth-order valence-electron chi connectivity index (χ4n) is 1.22. The van der Waals surface area contributed by atoms with Gasteiger partial charge in [-0.1, -0.05) is 12.9 Å². The fourth-order valence-corrected chi connectivity index (χ4v) is 1.22. The van der Waals surface area contributed by atoms with Crippen LogP contribution in [-0.4, -0.2) is 16.9 Å². The Morgan fingerprint density at radius 3 is 3.00 bits per heavy atom. The van der Waals surface area contributed by atoms with Crippen LogP contribution >= 0.6 is 0 Å². The summed E-state index contributed by atoms with van der Waals surface area (Å²) in [6.45, 7) is 1.20. The summed E-state index contributed by atoms with van der Waals surface area (Å²) >= 11 is 0. The molecule has 0 bridgehead atoms. The molecule has 13 heavy (non-hydrogen) atoms. The first kappa shape index (κ1) is 8.13. The maximum absolute atomic E-state index is 9.30. The summed E-state index contributed by atoms with van der Waals surface area (Å²) in [6, 6.07) is 5.45. The second-order valence-corrected chi connectivity index (χ2v) is 2.96. The molecule has 0 saturated heterocycles. The topological polar surface area (TPSA) is 72.3 Å². The zero-order chi connectivity index (χ0) is 9.42. The van der Waals surface area contributed by atoms with Crippen LogP contribution in [0.1, 0.15) is 0 Å². The van der Waals surface area contributed by atoms with Gasteiger partial charge in [-0.15, -0.1) is 0 Å². The average molecular weight is 176 g/mol. The monoisotopic (exact) mass is 176 g/mol. The zero-order valence-electron chi connectivity index (χ0n) is 7.19. The normalized spacial score (nSPS) is 10.6. The van der Waals surface area contributed by atoms with E-state index in [9.17, 15) is 5.02 Å². The number of anilines is 1. The van der Waals surface area contributed by atoms with Crippen molar-refractivity contribution < 1.29 is 9.44 Å². The van der Waals surface area contributed by atoms with Crippen LogP contribution in [0.25, 0.3) is 11.1 Å². The summed E-state index contributed by atoms with van der Waals surface area (Å²) in [5.41, 5.74) is 7.50. The molecular formula is C8H9BN2O2. The second-order valence-electron chi connectivity index (χ2n) is 2.96. The van der Waals surface area contributed by atoms with E-state index in [-0.39, 0.29) is 6.01 Å². The SMILES string of the molecule is CB(O)c1ccc2oc(N)nc2c1. The number of nitrogen functional groups attached to an aromatic ring is 1. The minimum Gasteiger partial charge on any atom is -0.446 e. The molecule has 0 unspecified atom stereocenters. The third kappa shape index (κ3) is 1.38. The zero-order valence-corrected chi connectivity index (χ0v) is 7.19. The number of nitrogens with two attached hydrogens (primary N) is 1. The predicted molar refractivity (Wildman–Crippen MR) is 51.9 cm³/mol. The van der Waals surface area contributed by atoms with Crippen molar-refractivity contribution in [3.8, 4) is 0 Å². The van der Waals surface area contributed by atoms with E-state index in [1.807, 2.05) is 0 Å². The first-order chi connectivity index (χ1) is 6.16. The van der Waals surface area contributed by atoms with Gasteiger partial charge in [-0.2, -0.15) is 4.98 Å². The molecule has 3 N–H and O–H groups in total. The Hall–Kier alpha value is -1.49. The summed E-state index contributed by atoms with van der Waals surface area (Å²) in [4.78, 5) is 3.96. The smallest absolute Gasteiger partial charge is 0.320 e. The van der Waals surface area contributed by atoms with E-state index in [1.165, 1.54) is 0 Å². The first-order valence-corrected chi connectivity index (χ1v) is 4.01. The highest BCUT2D eigenvalue weighted by molar-refractivity contribution is 6.65. The van der Waals surface area contributed by atoms with Crippen molar-refractivity contribution in [2.24, 2.45) is 0 Å². The molecule has 1 aromatic carbocycles. The summed E-state index contributed by atoms with van der Waals surface area (Å²) in [6.07, 6.45) is 0. The van der Waals surface area contributed by atoms with Gasteiger partial charge in [0.25, 0.3) is 6.01 Å². The molecule has 4 nitrogen and oxygen atoms in total. The molecular weight excluding hydrogens is 167 g/mol. The van der Waals surface area contributed by atoms with Gasteiger partial charge in [-0.05, 0) is 17.6 Å². The number of nitrogens with zero attached hydrogens (tertiary/aromatic N) is 1. The minimum atomic E-state index is -0.498. The van der Waals surface area contributed by atoms with E-state index >= 15 is 0 Å². The van der Waals surface area contributed by atoms with Crippen molar-refractivity contribution in [2.45, 2.75) is 6.82 Å². The van der Waals surface area contributed by atoms with Gasteiger partial charge in [0.05, 0.1) is 0 Å². The molecule has 0 aliphatic heterocycles. The Bertz CT molecular complexity index is 439. The van der Waals surface area contributed by atoms with Crippen molar-refractivity contribution in [1.29, 1.82) is 0 Å². The standard InChI is InChI=1S/C8H9BN2O2/c1-9(12)5-2-3-7-6(4-5)11-8(10)13-7/h2-4,12H,1H3,(H2,10,11). The third-order valence-corrected chi connectivity index (χ3v) is 1.91. The summed E-state index contributed by atoms with van der Waals surface area (Å²) in [5, 5.41) is 9.30. The van der Waals surface area contributed by atoms with Crippen molar-refractivity contribution in [2.75, 3.05) is 5.73 Å². The van der Waals surface area contributed by atoms with E-state index in [0.29, 0.717) is 11.1 Å². The van der Waals surface area contributed by atoms with E-state index in [4.69, 9.17) is 10.2 Å². The quantitative estimate of drug-likeness (QED) is 0.610. The van der Waals surface area contributed by atoms with Crippen LogP contribution in [0.2, 0.25) is 6.82 Å². The Balaban J connectivity index is 2.61. The maximum atomic E-state index is 9.30. The van der Waals surface area contributed by atoms with Crippen LogP contribution < -0.4 is 11.2 Å². The molecule has 1 aromatic heterocycles. The molecule has 1 heterocycles. The Labute approximate surface area is 75.5 Å². The minimum absolute atomic E-state index is 0.151. The van der Waals surface area contributed by atoms with Gasteiger partial charge in [-0.3, -0.25) is 0 Å². The number of benzene rings is 1. The highest BCUT2D eigenvalue weighted by Gasteiger charge is 2.09. The van der Waals surface area contributed by atoms with E-state index in [0.717, 1.165) is 5.46 Å². The summed E-state index contributed by atoms with van der Waals surface area (Å²) < 4.78 is 5.09. The van der Waals surface area contributed by atoms with Crippen LogP contribution in [0.5, 0.6) is 0 Å². The van der Waals surface area contributed by atoms with Crippen LogP contribution in [0, 0.1) is 0 Å². The molecule has 5 heteroatoms. The number of aromatic nitrogens is 1. The van der Waals surface area contributed by atoms with Crippen LogP contribution in [0.15, 0.2) is 22.6 Å². The molecule has 0 aliphatic rings. The highest BCUT2D eigenvalue weighted by Crippen LogP contribution is 2.14. The molecule has 0 saturated carbocycles. The molecule has 0 amide bonds. The number of fused-ring (bicyclic) bond motifs is 1. The van der Waals surface area contributed by atoms with Gasteiger partial charge in [-0.25, -0.2) is 0 Å². The van der Waals surface area contributed by atoms with E-state index in [1.54, 1.807) is 25.0 Å². The van der Waals surface area contributed by atoms with Crippen molar-refractivity contribution in [1.82, 2.24) is 4.98 Å². The van der Waals surface area contributed by atoms with Gasteiger partial charge < -0.3 is 15.2 Å². The van der Waals surface area contributed by atoms with Gasteiger partial charge in [0.1, 0.15) is 5.52 Å². The van der Waals surface area contributed by atoms with Gasteiger partial charge in [0, 0.05) is 0 Å². The Morgan fingerprint density at radius 1 is 1.54 bits per heavy atom. The highest BCUT2D eigenvalue weighted by atomic mass is 16.4. The summed E-state index contributed by atoms with van der Waals surface area (Å²) in [5.74, 6) is 0. The van der Waals surface area contributed by atoms with Gasteiger partial charge in [0.15, 0.2) is 5.58 Å². The van der Waals surface area contributed by atoms with Crippen LogP contribution in [0.3, 0.4) is 0 Å². The largest absolute Gasteiger partial charge is 0.446 e. The average Bonchev–Trinajstić information content (AvgIpc) is 2.42. The lowest BCUT2D eigenvalue weighted by atomic mass is 9.64. The molecule has 0 fully saturated rings. The predicted octanol–water partition coefficient (Wildman–Crippen LogP) is 0.231. The lowest BCUT2D eigenvalue weighted by molar-refractivity contribution is 0.594. The van der Waals surface area contributed by atoms with E-state index in [2.05, 4.69) is 4.98 Å². The number of hydrogen-bond acceptors (Lipinski definition) is 4. The molecule has 66 valence electrons. The molecule has 0 radical (unpaired) electrons. The van der Waals surface area contributed by atoms with Crippen molar-refractivity contribution in [3.63, 3.8) is 0 Å². The fraction of sp³-hybridized carbons (Fsp3) is 0.125. The van der Waals surface area contributed by atoms with Gasteiger partial charge in [0.2, 0.25) is 0 Å². The Morgan fingerprint density at radius 2 is 2.31 bits per heavy atom. The first-order valence-electron chi connectivity index (χ1n) is 4.01. The molecule has 0 spiro atoms. The summed E-state index contributed by atoms with van der Waals surface area (Å²) in [7, 11) is 0. The molecule has 2 aromatic rings. The number of hydrogen-bond donors (Lipinski definition) is 2.